The molecular weight excluding hydrogens is 492 g/mol. The van der Waals surface area contributed by atoms with Crippen LogP contribution in [0.4, 0.5) is 5.69 Å². The fourth-order valence-corrected chi connectivity index (χ4v) is 5.57. The van der Waals surface area contributed by atoms with Gasteiger partial charge in [-0.25, -0.2) is 0 Å². The standard InChI is InChI=1S/C28H27ClN4O2S/c1-17-15-20(18(2)32(17)23-11-6-5-9-21(23)29)27-26(22-10-7-8-14-30-22)31-28(36)33(27)24-16-19(34-3)12-13-25(24)35-4/h5-16,26-27H,1-4H3,(H,31,36)/t26-,27-/m0/s1. The zero-order chi connectivity index (χ0) is 25.4. The quantitative estimate of drug-likeness (QED) is 0.301. The summed E-state index contributed by atoms with van der Waals surface area (Å²) in [5.41, 5.74) is 5.92. The van der Waals surface area contributed by atoms with E-state index in [0.29, 0.717) is 15.9 Å². The van der Waals surface area contributed by atoms with Crippen molar-refractivity contribution in [1.29, 1.82) is 0 Å². The van der Waals surface area contributed by atoms with Crippen molar-refractivity contribution < 1.29 is 9.47 Å². The van der Waals surface area contributed by atoms with Crippen molar-refractivity contribution in [2.75, 3.05) is 19.1 Å². The monoisotopic (exact) mass is 518 g/mol. The molecule has 2 atom stereocenters. The van der Waals surface area contributed by atoms with E-state index in [0.717, 1.165) is 39.8 Å². The summed E-state index contributed by atoms with van der Waals surface area (Å²) in [4.78, 5) is 6.78. The summed E-state index contributed by atoms with van der Waals surface area (Å²) in [6.07, 6.45) is 1.80. The molecule has 5 rings (SSSR count). The van der Waals surface area contributed by atoms with Crippen molar-refractivity contribution >= 4 is 34.6 Å². The number of rotatable bonds is 6. The van der Waals surface area contributed by atoms with Crippen molar-refractivity contribution in [1.82, 2.24) is 14.9 Å². The number of methoxy groups -OCH3 is 2. The third-order valence-corrected chi connectivity index (χ3v) is 7.26. The molecule has 6 nitrogen and oxygen atoms in total. The number of pyridine rings is 1. The number of nitrogens with one attached hydrogen (secondary N) is 1. The fraction of sp³-hybridized carbons (Fsp3) is 0.214. The number of thiocarbonyl (C=S) groups is 1. The summed E-state index contributed by atoms with van der Waals surface area (Å²) in [6.45, 7) is 4.20. The number of hydrogen-bond donors (Lipinski definition) is 1. The maximum Gasteiger partial charge on any atom is 0.174 e. The van der Waals surface area contributed by atoms with Crippen molar-refractivity contribution in [2.45, 2.75) is 25.9 Å². The molecule has 0 bridgehead atoms. The van der Waals surface area contributed by atoms with Crippen molar-refractivity contribution in [3.63, 3.8) is 0 Å². The topological polar surface area (TPSA) is 51.6 Å². The number of halogens is 1. The molecule has 3 heterocycles. The van der Waals surface area contributed by atoms with E-state index in [2.05, 4.69) is 39.7 Å². The Morgan fingerprint density at radius 2 is 1.72 bits per heavy atom. The summed E-state index contributed by atoms with van der Waals surface area (Å²) in [5.74, 6) is 1.42. The van der Waals surface area contributed by atoms with Crippen LogP contribution in [0.15, 0.2) is 72.9 Å². The van der Waals surface area contributed by atoms with Gasteiger partial charge in [-0.05, 0) is 74.1 Å². The van der Waals surface area contributed by atoms with E-state index in [9.17, 15) is 0 Å². The van der Waals surface area contributed by atoms with Gasteiger partial charge in [-0.15, -0.1) is 0 Å². The predicted octanol–water partition coefficient (Wildman–Crippen LogP) is 6.34. The molecular formula is C28H27ClN4O2S. The van der Waals surface area contributed by atoms with Crippen LogP contribution in [0.1, 0.15) is 34.7 Å². The molecule has 0 radical (unpaired) electrons. The van der Waals surface area contributed by atoms with Gasteiger partial charge in [0.05, 0.1) is 48.4 Å². The molecule has 0 unspecified atom stereocenters. The summed E-state index contributed by atoms with van der Waals surface area (Å²) in [5, 5.41) is 4.81. The van der Waals surface area contributed by atoms with Crippen LogP contribution >= 0.6 is 23.8 Å². The molecule has 0 aliphatic carbocycles. The number of anilines is 1. The largest absolute Gasteiger partial charge is 0.497 e. The Kier molecular flexibility index (Phi) is 6.60. The molecule has 184 valence electrons. The Balaban J connectivity index is 1.73. The average molecular weight is 519 g/mol. The van der Waals surface area contributed by atoms with Gasteiger partial charge >= 0.3 is 0 Å². The molecule has 1 saturated heterocycles. The van der Waals surface area contributed by atoms with E-state index in [1.807, 2.05) is 60.7 Å². The first-order chi connectivity index (χ1) is 17.4. The number of aromatic nitrogens is 2. The van der Waals surface area contributed by atoms with Crippen molar-refractivity contribution in [2.24, 2.45) is 0 Å². The highest BCUT2D eigenvalue weighted by Gasteiger charge is 2.43. The first kappa shape index (κ1) is 24.2. The van der Waals surface area contributed by atoms with E-state index < -0.39 is 0 Å². The van der Waals surface area contributed by atoms with Crippen molar-refractivity contribution in [3.05, 3.63) is 101 Å². The van der Waals surface area contributed by atoms with E-state index in [1.165, 1.54) is 0 Å². The lowest BCUT2D eigenvalue weighted by Gasteiger charge is -2.29. The minimum absolute atomic E-state index is 0.185. The number of nitrogens with zero attached hydrogens (tertiary/aromatic N) is 3. The molecule has 1 aliphatic rings. The van der Waals surface area contributed by atoms with Crippen LogP contribution in [0.25, 0.3) is 5.69 Å². The summed E-state index contributed by atoms with van der Waals surface area (Å²) < 4.78 is 13.5. The van der Waals surface area contributed by atoms with Crippen LogP contribution in [0.5, 0.6) is 11.5 Å². The molecule has 0 amide bonds. The van der Waals surface area contributed by atoms with Gasteiger partial charge in [0.1, 0.15) is 11.5 Å². The smallest absolute Gasteiger partial charge is 0.174 e. The highest BCUT2D eigenvalue weighted by atomic mass is 35.5. The molecule has 4 aromatic rings. The normalized spacial score (nSPS) is 17.2. The number of para-hydroxylation sites is 1. The molecule has 1 aliphatic heterocycles. The molecule has 2 aromatic heterocycles. The number of aryl methyl sites for hydroxylation is 1. The Bertz CT molecular complexity index is 1420. The molecule has 0 saturated carbocycles. The number of benzene rings is 2. The third-order valence-electron chi connectivity index (χ3n) is 6.63. The Morgan fingerprint density at radius 3 is 2.42 bits per heavy atom. The van der Waals surface area contributed by atoms with Crippen LogP contribution in [-0.2, 0) is 0 Å². The summed E-state index contributed by atoms with van der Waals surface area (Å²) in [7, 11) is 3.31. The number of hydrogen-bond acceptors (Lipinski definition) is 4. The molecule has 8 heteroatoms. The second-order valence-corrected chi connectivity index (χ2v) is 9.44. The highest BCUT2D eigenvalue weighted by Crippen LogP contribution is 2.47. The van der Waals surface area contributed by atoms with Crippen LogP contribution in [0.2, 0.25) is 5.02 Å². The van der Waals surface area contributed by atoms with Crippen molar-refractivity contribution in [3.8, 4) is 17.2 Å². The van der Waals surface area contributed by atoms with Crippen LogP contribution < -0.4 is 19.7 Å². The van der Waals surface area contributed by atoms with Gasteiger partial charge in [-0.2, -0.15) is 0 Å². The maximum absolute atomic E-state index is 6.61. The molecule has 1 N–H and O–H groups in total. The molecule has 0 spiro atoms. The second kappa shape index (κ2) is 9.84. The minimum atomic E-state index is -0.198. The Hall–Kier alpha value is -3.55. The second-order valence-electron chi connectivity index (χ2n) is 8.65. The van der Waals surface area contributed by atoms with Gasteiger partial charge in [-0.1, -0.05) is 29.8 Å². The lowest BCUT2D eigenvalue weighted by Crippen LogP contribution is -2.30. The lowest BCUT2D eigenvalue weighted by molar-refractivity contribution is 0.403. The van der Waals surface area contributed by atoms with E-state index in [-0.39, 0.29) is 12.1 Å². The first-order valence-corrected chi connectivity index (χ1v) is 12.4. The summed E-state index contributed by atoms with van der Waals surface area (Å²) >= 11 is 12.5. The van der Waals surface area contributed by atoms with Gasteiger partial charge in [0.15, 0.2) is 5.11 Å². The fourth-order valence-electron chi connectivity index (χ4n) is 5.01. The maximum atomic E-state index is 6.61. The minimum Gasteiger partial charge on any atom is -0.497 e. The number of ether oxygens (including phenoxy) is 2. The predicted molar refractivity (Wildman–Crippen MR) is 148 cm³/mol. The van der Waals surface area contributed by atoms with Gasteiger partial charge in [0.25, 0.3) is 0 Å². The first-order valence-electron chi connectivity index (χ1n) is 11.6. The highest BCUT2D eigenvalue weighted by molar-refractivity contribution is 7.80. The zero-order valence-corrected chi connectivity index (χ0v) is 22.1. The zero-order valence-electron chi connectivity index (χ0n) is 20.5. The van der Waals surface area contributed by atoms with Crippen LogP contribution in [-0.4, -0.2) is 28.9 Å². The average Bonchev–Trinajstić information content (AvgIpc) is 3.39. The van der Waals surface area contributed by atoms with Crippen LogP contribution in [0, 0.1) is 13.8 Å². The van der Waals surface area contributed by atoms with E-state index in [4.69, 9.17) is 33.3 Å². The van der Waals surface area contributed by atoms with Crippen LogP contribution in [0.3, 0.4) is 0 Å². The van der Waals surface area contributed by atoms with E-state index >= 15 is 0 Å². The summed E-state index contributed by atoms with van der Waals surface area (Å²) in [6, 6.07) is 21.3. The molecule has 36 heavy (non-hydrogen) atoms. The lowest BCUT2D eigenvalue weighted by atomic mass is 9.96. The third kappa shape index (κ3) is 4.08. The SMILES string of the molecule is COc1ccc(OC)c(N2C(=S)N[C@@H](c3ccccn3)[C@@H]2c2cc(C)n(-c3ccccc3Cl)c2C)c1. The van der Waals surface area contributed by atoms with E-state index in [1.54, 1.807) is 20.4 Å². The van der Waals surface area contributed by atoms with Gasteiger partial charge in [0.2, 0.25) is 0 Å². The molecule has 1 fully saturated rings. The van der Waals surface area contributed by atoms with Gasteiger partial charge < -0.3 is 24.3 Å². The van der Waals surface area contributed by atoms with Gasteiger partial charge in [0, 0.05) is 23.7 Å². The van der Waals surface area contributed by atoms with Gasteiger partial charge in [-0.3, -0.25) is 4.98 Å². The Morgan fingerprint density at radius 1 is 0.944 bits per heavy atom. The molecule has 2 aromatic carbocycles. The Labute approximate surface area is 221 Å².